The van der Waals surface area contributed by atoms with Gasteiger partial charge in [-0.2, -0.15) is 0 Å². The Balaban J connectivity index is 1.33. The summed E-state index contributed by atoms with van der Waals surface area (Å²) in [5, 5.41) is 0. The maximum atomic E-state index is 6.08. The number of ether oxygens (including phenoxy) is 4. The molecular formula is C52H60N2O4. The first-order valence-corrected chi connectivity index (χ1v) is 20.9. The molecule has 0 atom stereocenters. The molecule has 0 saturated heterocycles. The summed E-state index contributed by atoms with van der Waals surface area (Å²) in [4.78, 5) is 4.92. The van der Waals surface area contributed by atoms with Crippen LogP contribution in [0.3, 0.4) is 0 Å². The second-order valence-electron chi connectivity index (χ2n) is 16.3. The number of hydrogen-bond donors (Lipinski definition) is 0. The highest BCUT2D eigenvalue weighted by molar-refractivity contribution is 5.83. The third-order valence-corrected chi connectivity index (χ3v) is 12.1. The number of benzene rings is 4. The van der Waals surface area contributed by atoms with Gasteiger partial charge in [0.15, 0.2) is 0 Å². The molecule has 2 aliphatic carbocycles. The normalized spacial score (nSPS) is 18.2. The zero-order valence-electron chi connectivity index (χ0n) is 35.7. The number of rotatable bonds is 16. The number of para-hydroxylation sites is 2. The van der Waals surface area contributed by atoms with Crippen LogP contribution < -0.4 is 19.3 Å². The fourth-order valence-electron chi connectivity index (χ4n) is 9.07. The summed E-state index contributed by atoms with van der Waals surface area (Å²) in [6, 6.07) is 34.7. The van der Waals surface area contributed by atoms with E-state index in [1.165, 1.54) is 56.1 Å². The Morgan fingerprint density at radius 2 is 1.26 bits per heavy atom. The maximum absolute atomic E-state index is 6.08. The van der Waals surface area contributed by atoms with Crippen molar-refractivity contribution in [2.24, 2.45) is 0 Å². The first-order chi connectivity index (χ1) is 28.1. The zero-order valence-corrected chi connectivity index (χ0v) is 35.7. The monoisotopic (exact) mass is 776 g/mol. The molecule has 0 spiro atoms. The molecule has 0 bridgehead atoms. The molecule has 0 N–H and O–H groups in total. The third-order valence-electron chi connectivity index (χ3n) is 12.1. The Hall–Kier alpha value is -5.30. The van der Waals surface area contributed by atoms with Crippen LogP contribution in [0.25, 0.3) is 5.57 Å². The molecule has 0 saturated carbocycles. The van der Waals surface area contributed by atoms with Crippen molar-refractivity contribution < 1.29 is 18.9 Å². The van der Waals surface area contributed by atoms with Gasteiger partial charge in [-0.25, -0.2) is 0 Å². The quantitative estimate of drug-likeness (QED) is 0.106. The lowest BCUT2D eigenvalue weighted by molar-refractivity contribution is 0.146. The summed E-state index contributed by atoms with van der Waals surface area (Å²) in [6.45, 7) is 16.9. The minimum Gasteiger partial charge on any atom is -0.491 e. The van der Waals surface area contributed by atoms with Gasteiger partial charge >= 0.3 is 0 Å². The molecule has 58 heavy (non-hydrogen) atoms. The molecule has 3 aliphatic rings. The van der Waals surface area contributed by atoms with Gasteiger partial charge in [-0.15, -0.1) is 0 Å². The van der Waals surface area contributed by atoms with E-state index in [2.05, 4.69) is 173 Å². The molecule has 6 nitrogen and oxygen atoms in total. The van der Waals surface area contributed by atoms with Gasteiger partial charge in [-0.1, -0.05) is 95.3 Å². The van der Waals surface area contributed by atoms with E-state index in [9.17, 15) is 0 Å². The van der Waals surface area contributed by atoms with Crippen molar-refractivity contribution in [2.45, 2.75) is 71.6 Å². The number of methoxy groups -OCH3 is 2. The Morgan fingerprint density at radius 3 is 1.84 bits per heavy atom. The predicted molar refractivity (Wildman–Crippen MR) is 240 cm³/mol. The molecule has 0 radical (unpaired) electrons. The molecule has 0 fully saturated rings. The van der Waals surface area contributed by atoms with Gasteiger partial charge in [0.25, 0.3) is 0 Å². The van der Waals surface area contributed by atoms with Gasteiger partial charge in [-0.3, -0.25) is 0 Å². The number of allylic oxidation sites excluding steroid dienone is 9. The fraction of sp³-hybridized carbons (Fsp3) is 0.346. The Morgan fingerprint density at radius 1 is 0.655 bits per heavy atom. The van der Waals surface area contributed by atoms with Gasteiger partial charge in [0.05, 0.1) is 18.9 Å². The second-order valence-corrected chi connectivity index (χ2v) is 16.3. The average molecular weight is 777 g/mol. The van der Waals surface area contributed by atoms with E-state index in [1.54, 1.807) is 14.2 Å². The van der Waals surface area contributed by atoms with Crippen molar-refractivity contribution in [3.63, 3.8) is 0 Å². The molecule has 7 rings (SSSR count). The van der Waals surface area contributed by atoms with Crippen LogP contribution in [0.1, 0.15) is 77.5 Å². The largest absolute Gasteiger partial charge is 0.491 e. The van der Waals surface area contributed by atoms with Gasteiger partial charge in [0, 0.05) is 54.4 Å². The van der Waals surface area contributed by atoms with Crippen LogP contribution in [0.5, 0.6) is 11.5 Å². The van der Waals surface area contributed by atoms with Gasteiger partial charge in [0.2, 0.25) is 0 Å². The summed E-state index contributed by atoms with van der Waals surface area (Å²) < 4.78 is 22.6. The number of likely N-dealkylation sites (N-methyl/N-ethyl adjacent to an activating group) is 1. The van der Waals surface area contributed by atoms with Crippen molar-refractivity contribution >= 4 is 22.6 Å². The van der Waals surface area contributed by atoms with Gasteiger partial charge < -0.3 is 28.7 Å². The lowest BCUT2D eigenvalue weighted by Crippen LogP contribution is -2.25. The minimum atomic E-state index is -0.215. The summed E-state index contributed by atoms with van der Waals surface area (Å²) >= 11 is 0. The average Bonchev–Trinajstić information content (AvgIpc) is 3.80. The SMILES string of the molecule is CCC1=C(/C=C/C2=C(N(c3ccccc3)c3ccccc3)C(=C/C=C3/N(CC)c4ccc(OCCOC)cc4C3(C)C)/CC2)C(C)(C)c2cc(OCCOC)ccc21. The lowest BCUT2D eigenvalue weighted by Gasteiger charge is -2.29. The summed E-state index contributed by atoms with van der Waals surface area (Å²) in [5.74, 6) is 1.77. The second kappa shape index (κ2) is 17.7. The number of nitrogens with zero attached hydrogens (tertiary/aromatic N) is 2. The van der Waals surface area contributed by atoms with Crippen LogP contribution in [0.15, 0.2) is 149 Å². The molecule has 4 aromatic rings. The Labute approximate surface area is 346 Å². The predicted octanol–water partition coefficient (Wildman–Crippen LogP) is 12.3. The molecule has 0 amide bonds. The van der Waals surface area contributed by atoms with Crippen molar-refractivity contribution in [1.29, 1.82) is 0 Å². The van der Waals surface area contributed by atoms with Crippen LogP contribution in [-0.4, -0.2) is 47.2 Å². The van der Waals surface area contributed by atoms with Crippen LogP contribution >= 0.6 is 0 Å². The third kappa shape index (κ3) is 7.93. The highest BCUT2D eigenvalue weighted by atomic mass is 16.5. The Bertz CT molecular complexity index is 2200. The molecule has 4 aromatic carbocycles. The van der Waals surface area contributed by atoms with Crippen molar-refractivity contribution in [3.8, 4) is 11.5 Å². The van der Waals surface area contributed by atoms with Gasteiger partial charge in [0.1, 0.15) is 24.7 Å². The summed E-state index contributed by atoms with van der Waals surface area (Å²) in [5.41, 5.74) is 15.0. The summed E-state index contributed by atoms with van der Waals surface area (Å²) in [7, 11) is 3.41. The maximum Gasteiger partial charge on any atom is 0.119 e. The number of anilines is 3. The molecule has 0 unspecified atom stereocenters. The van der Waals surface area contributed by atoms with Crippen LogP contribution in [0.2, 0.25) is 0 Å². The molecule has 1 heterocycles. The topological polar surface area (TPSA) is 43.4 Å². The first-order valence-electron chi connectivity index (χ1n) is 20.9. The van der Waals surface area contributed by atoms with Crippen molar-refractivity contribution in [2.75, 3.05) is 57.0 Å². The smallest absolute Gasteiger partial charge is 0.119 e. The standard InChI is InChI=1S/C52H60N2O4/c1-9-43-44-27-25-41(57-33-31-55-7)35-46(44)51(3,4)45(43)28-23-37-21-22-38(50(37)54(39-17-13-11-14-18-39)40-19-15-12-16-20-40)24-30-49-52(5,6)47-36-42(58-34-32-56-8)26-29-48(47)53(49)10-2/h11-20,23-30,35-36H,9-10,21-22,31-34H2,1-8H3/b28-23+,38-24+,49-30+. The van der Waals surface area contributed by atoms with E-state index < -0.39 is 0 Å². The van der Waals surface area contributed by atoms with Crippen LogP contribution in [0, 0.1) is 0 Å². The summed E-state index contributed by atoms with van der Waals surface area (Å²) in [6.07, 6.45) is 12.4. The first kappa shape index (κ1) is 40.9. The molecule has 0 aromatic heterocycles. The molecule has 302 valence electrons. The fourth-order valence-corrected chi connectivity index (χ4v) is 9.07. The highest BCUT2D eigenvalue weighted by Gasteiger charge is 2.40. The number of hydrogen-bond acceptors (Lipinski definition) is 6. The lowest BCUT2D eigenvalue weighted by atomic mass is 9.80. The van der Waals surface area contributed by atoms with Crippen molar-refractivity contribution in [1.82, 2.24) is 0 Å². The van der Waals surface area contributed by atoms with E-state index in [0.29, 0.717) is 26.4 Å². The number of fused-ring (bicyclic) bond motifs is 2. The van der Waals surface area contributed by atoms with E-state index in [4.69, 9.17) is 18.9 Å². The van der Waals surface area contributed by atoms with Crippen LogP contribution in [-0.2, 0) is 20.3 Å². The van der Waals surface area contributed by atoms with Gasteiger partial charge in [-0.05, 0) is 126 Å². The van der Waals surface area contributed by atoms with E-state index in [1.807, 2.05) is 0 Å². The van der Waals surface area contributed by atoms with E-state index in [-0.39, 0.29) is 10.8 Å². The highest BCUT2D eigenvalue weighted by Crippen LogP contribution is 2.51. The van der Waals surface area contributed by atoms with Crippen molar-refractivity contribution in [3.05, 3.63) is 166 Å². The van der Waals surface area contributed by atoms with E-state index >= 15 is 0 Å². The van der Waals surface area contributed by atoms with Crippen LogP contribution in [0.4, 0.5) is 17.1 Å². The molecular weight excluding hydrogens is 717 g/mol. The zero-order chi connectivity index (χ0) is 40.9. The molecule has 1 aliphatic heterocycles. The minimum absolute atomic E-state index is 0.180. The Kier molecular flexibility index (Phi) is 12.5. The molecule has 6 heteroatoms. The van der Waals surface area contributed by atoms with E-state index in [0.717, 1.165) is 48.7 Å².